The number of hydrogen-bond donors (Lipinski definition) is 2. The summed E-state index contributed by atoms with van der Waals surface area (Å²) in [5.41, 5.74) is -0.760. The van der Waals surface area contributed by atoms with Gasteiger partial charge in [-0.3, -0.25) is 4.79 Å². The Morgan fingerprint density at radius 2 is 2.12 bits per heavy atom. The quantitative estimate of drug-likeness (QED) is 0.730. The third-order valence-corrected chi connectivity index (χ3v) is 3.38. The zero-order chi connectivity index (χ0) is 12.2. The van der Waals surface area contributed by atoms with Crippen LogP contribution in [0.15, 0.2) is 0 Å². The Labute approximate surface area is 98.6 Å². The molecule has 0 aromatic carbocycles. The fourth-order valence-electron chi connectivity index (χ4n) is 1.78. The first kappa shape index (κ1) is 13.5. The molecule has 2 N–H and O–H groups in total. The molecule has 1 unspecified atom stereocenters. The molecule has 1 saturated carbocycles. The van der Waals surface area contributed by atoms with Crippen LogP contribution < -0.4 is 5.32 Å². The molecule has 1 amide bonds. The van der Waals surface area contributed by atoms with Crippen LogP contribution in [-0.2, 0) is 4.79 Å². The molecule has 0 bridgehead atoms. The second-order valence-corrected chi connectivity index (χ2v) is 5.78. The Morgan fingerprint density at radius 1 is 1.50 bits per heavy atom. The average Bonchev–Trinajstić information content (AvgIpc) is 2.09. The van der Waals surface area contributed by atoms with Gasteiger partial charge in [-0.15, -0.1) is 0 Å². The summed E-state index contributed by atoms with van der Waals surface area (Å²) in [6, 6.07) is 0. The summed E-state index contributed by atoms with van der Waals surface area (Å²) < 4.78 is 0. The summed E-state index contributed by atoms with van der Waals surface area (Å²) in [5.74, 6) is 0.922. The van der Waals surface area contributed by atoms with Crippen LogP contribution in [0.3, 0.4) is 0 Å². The number of nitrogens with one attached hydrogen (secondary N) is 1. The maximum absolute atomic E-state index is 11.6. The molecule has 1 atom stereocenters. The standard InChI is InChI=1S/C13H25NO2/c1-10(2)7-8-13(3,16)9-14-12(15)11-5-4-6-11/h10-11,16H,4-9H2,1-3H3,(H,14,15). The molecule has 1 rings (SSSR count). The van der Waals surface area contributed by atoms with Crippen molar-refractivity contribution in [2.45, 2.75) is 58.5 Å². The van der Waals surface area contributed by atoms with Gasteiger partial charge in [-0.05, 0) is 38.5 Å². The van der Waals surface area contributed by atoms with E-state index >= 15 is 0 Å². The van der Waals surface area contributed by atoms with Crippen molar-refractivity contribution in [2.75, 3.05) is 6.54 Å². The lowest BCUT2D eigenvalue weighted by atomic mass is 9.84. The minimum atomic E-state index is -0.760. The van der Waals surface area contributed by atoms with Crippen molar-refractivity contribution in [3.8, 4) is 0 Å². The van der Waals surface area contributed by atoms with Gasteiger partial charge >= 0.3 is 0 Å². The first-order valence-electron chi connectivity index (χ1n) is 6.41. The Kier molecular flexibility index (Phi) is 4.78. The van der Waals surface area contributed by atoms with Crippen LogP contribution in [0.1, 0.15) is 52.9 Å². The number of carbonyl (C=O) groups is 1. The molecular formula is C13H25NO2. The highest BCUT2D eigenvalue weighted by Gasteiger charge is 2.27. The van der Waals surface area contributed by atoms with Gasteiger partial charge in [-0.2, -0.15) is 0 Å². The lowest BCUT2D eigenvalue weighted by molar-refractivity contribution is -0.128. The number of hydrogen-bond acceptors (Lipinski definition) is 2. The van der Waals surface area contributed by atoms with Crippen molar-refractivity contribution < 1.29 is 9.90 Å². The van der Waals surface area contributed by atoms with Crippen LogP contribution in [-0.4, -0.2) is 23.2 Å². The first-order valence-corrected chi connectivity index (χ1v) is 6.41. The van der Waals surface area contributed by atoms with E-state index in [1.54, 1.807) is 6.92 Å². The number of rotatable bonds is 6. The highest BCUT2D eigenvalue weighted by molar-refractivity contribution is 5.79. The van der Waals surface area contributed by atoms with Crippen molar-refractivity contribution in [3.63, 3.8) is 0 Å². The van der Waals surface area contributed by atoms with E-state index in [1.807, 2.05) is 0 Å². The summed E-state index contributed by atoms with van der Waals surface area (Å²) in [4.78, 5) is 11.6. The summed E-state index contributed by atoms with van der Waals surface area (Å²) >= 11 is 0. The van der Waals surface area contributed by atoms with E-state index in [1.165, 1.54) is 6.42 Å². The fourth-order valence-corrected chi connectivity index (χ4v) is 1.78. The summed E-state index contributed by atoms with van der Waals surface area (Å²) in [7, 11) is 0. The predicted molar refractivity (Wildman–Crippen MR) is 65.0 cm³/mol. The topological polar surface area (TPSA) is 49.3 Å². The zero-order valence-corrected chi connectivity index (χ0v) is 10.8. The Hall–Kier alpha value is -0.570. The Balaban J connectivity index is 2.20. The maximum Gasteiger partial charge on any atom is 0.223 e. The van der Waals surface area contributed by atoms with Crippen LogP contribution in [0.4, 0.5) is 0 Å². The van der Waals surface area contributed by atoms with Crippen molar-refractivity contribution in [1.82, 2.24) is 5.32 Å². The molecule has 0 heterocycles. The molecule has 1 aliphatic rings. The highest BCUT2D eigenvalue weighted by atomic mass is 16.3. The van der Waals surface area contributed by atoms with Crippen LogP contribution in [0.25, 0.3) is 0 Å². The third-order valence-electron chi connectivity index (χ3n) is 3.38. The number of amides is 1. The minimum Gasteiger partial charge on any atom is -0.388 e. The van der Waals surface area contributed by atoms with E-state index in [2.05, 4.69) is 19.2 Å². The fraction of sp³-hybridized carbons (Fsp3) is 0.923. The van der Waals surface area contributed by atoms with Gasteiger partial charge in [0.1, 0.15) is 0 Å². The maximum atomic E-state index is 11.6. The molecule has 0 aliphatic heterocycles. The summed E-state index contributed by atoms with van der Waals surface area (Å²) in [5, 5.41) is 12.9. The monoisotopic (exact) mass is 227 g/mol. The van der Waals surface area contributed by atoms with Gasteiger partial charge in [0.25, 0.3) is 0 Å². The zero-order valence-electron chi connectivity index (χ0n) is 10.8. The molecule has 0 radical (unpaired) electrons. The smallest absolute Gasteiger partial charge is 0.223 e. The van der Waals surface area contributed by atoms with Crippen LogP contribution in [0.5, 0.6) is 0 Å². The Bertz CT molecular complexity index is 232. The van der Waals surface area contributed by atoms with Crippen molar-refractivity contribution >= 4 is 5.91 Å². The first-order chi connectivity index (χ1) is 7.41. The summed E-state index contributed by atoms with van der Waals surface area (Å²) in [6.07, 6.45) is 4.93. The molecular weight excluding hydrogens is 202 g/mol. The lowest BCUT2D eigenvalue weighted by Gasteiger charge is -2.28. The van der Waals surface area contributed by atoms with Gasteiger partial charge in [-0.1, -0.05) is 20.3 Å². The van der Waals surface area contributed by atoms with Crippen molar-refractivity contribution in [2.24, 2.45) is 11.8 Å². The average molecular weight is 227 g/mol. The molecule has 1 fully saturated rings. The van der Waals surface area contributed by atoms with E-state index in [0.717, 1.165) is 25.7 Å². The van der Waals surface area contributed by atoms with E-state index in [4.69, 9.17) is 0 Å². The second-order valence-electron chi connectivity index (χ2n) is 5.78. The van der Waals surface area contributed by atoms with Crippen LogP contribution in [0, 0.1) is 11.8 Å². The van der Waals surface area contributed by atoms with Crippen LogP contribution in [0.2, 0.25) is 0 Å². The molecule has 3 nitrogen and oxygen atoms in total. The Morgan fingerprint density at radius 3 is 2.56 bits per heavy atom. The minimum absolute atomic E-state index is 0.121. The normalized spacial score (nSPS) is 20.3. The van der Waals surface area contributed by atoms with Crippen molar-refractivity contribution in [1.29, 1.82) is 0 Å². The lowest BCUT2D eigenvalue weighted by Crippen LogP contribution is -2.44. The third kappa shape index (κ3) is 4.52. The second kappa shape index (κ2) is 5.67. The molecule has 94 valence electrons. The molecule has 0 spiro atoms. The van der Waals surface area contributed by atoms with Gasteiger partial charge in [0.2, 0.25) is 5.91 Å². The predicted octanol–water partition coefficient (Wildman–Crippen LogP) is 2.09. The van der Waals surface area contributed by atoms with Gasteiger partial charge in [0.05, 0.1) is 5.60 Å². The number of carbonyl (C=O) groups excluding carboxylic acids is 1. The van der Waals surface area contributed by atoms with E-state index in [-0.39, 0.29) is 11.8 Å². The van der Waals surface area contributed by atoms with Crippen molar-refractivity contribution in [3.05, 3.63) is 0 Å². The molecule has 0 aromatic heterocycles. The van der Waals surface area contributed by atoms with E-state index in [9.17, 15) is 9.90 Å². The van der Waals surface area contributed by atoms with Crippen LogP contribution >= 0.6 is 0 Å². The SMILES string of the molecule is CC(C)CCC(C)(O)CNC(=O)C1CCC1. The van der Waals surface area contributed by atoms with E-state index < -0.39 is 5.60 Å². The molecule has 0 saturated heterocycles. The van der Waals surface area contributed by atoms with Gasteiger partial charge in [-0.25, -0.2) is 0 Å². The largest absolute Gasteiger partial charge is 0.388 e. The van der Waals surface area contributed by atoms with Gasteiger partial charge in [0.15, 0.2) is 0 Å². The molecule has 16 heavy (non-hydrogen) atoms. The molecule has 1 aliphatic carbocycles. The number of aliphatic hydroxyl groups is 1. The summed E-state index contributed by atoms with van der Waals surface area (Å²) in [6.45, 7) is 6.47. The van der Waals surface area contributed by atoms with Gasteiger partial charge < -0.3 is 10.4 Å². The molecule has 3 heteroatoms. The van der Waals surface area contributed by atoms with E-state index in [0.29, 0.717) is 12.5 Å². The van der Waals surface area contributed by atoms with Gasteiger partial charge in [0, 0.05) is 12.5 Å². The highest BCUT2D eigenvalue weighted by Crippen LogP contribution is 2.26. The molecule has 0 aromatic rings.